The monoisotopic (exact) mass is 391 g/mol. The summed E-state index contributed by atoms with van der Waals surface area (Å²) >= 11 is 0. The van der Waals surface area contributed by atoms with Gasteiger partial charge in [0.1, 0.15) is 24.8 Å². The van der Waals surface area contributed by atoms with E-state index in [0.717, 1.165) is 5.82 Å². The molecule has 144 valence electrons. The van der Waals surface area contributed by atoms with Gasteiger partial charge in [0.05, 0.1) is 11.5 Å². The lowest BCUT2D eigenvalue weighted by molar-refractivity contribution is -0.126. The largest absolute Gasteiger partial charge is 0.356 e. The van der Waals surface area contributed by atoms with E-state index in [9.17, 15) is 13.2 Å². The van der Waals surface area contributed by atoms with Crippen molar-refractivity contribution in [2.24, 2.45) is 5.92 Å². The van der Waals surface area contributed by atoms with Gasteiger partial charge >= 0.3 is 0 Å². The molecule has 2 aliphatic rings. The molecule has 0 unspecified atom stereocenters. The molecule has 4 heterocycles. The first-order valence-corrected chi connectivity index (χ1v) is 10.7. The van der Waals surface area contributed by atoms with Crippen molar-refractivity contribution in [2.45, 2.75) is 25.3 Å². The first-order valence-electron chi connectivity index (χ1n) is 8.93. The standard InChI is InChI=1S/C16H21N7O3S/c24-16(21-13-3-6-27(25,26)8-13)12-1-4-22(5-2-12)14-7-15(19-10-18-14)23-11-17-9-20-23/h7,9-13H,1-6,8H2,(H,21,24)/t13-/m1/s1. The van der Waals surface area contributed by atoms with Gasteiger partial charge < -0.3 is 10.2 Å². The van der Waals surface area contributed by atoms with Crippen LogP contribution in [0, 0.1) is 5.92 Å². The third-order valence-corrected chi connectivity index (χ3v) is 6.83. The molecule has 2 fully saturated rings. The maximum absolute atomic E-state index is 12.4. The van der Waals surface area contributed by atoms with Crippen molar-refractivity contribution in [3.05, 3.63) is 25.0 Å². The molecule has 0 saturated carbocycles. The van der Waals surface area contributed by atoms with E-state index in [0.29, 0.717) is 38.2 Å². The fraction of sp³-hybridized carbons (Fsp3) is 0.562. The molecule has 27 heavy (non-hydrogen) atoms. The number of nitrogens with one attached hydrogen (secondary N) is 1. The zero-order valence-electron chi connectivity index (χ0n) is 14.7. The second-order valence-electron chi connectivity index (χ2n) is 6.94. The molecule has 10 nitrogen and oxygen atoms in total. The Morgan fingerprint density at radius 2 is 1.89 bits per heavy atom. The lowest BCUT2D eigenvalue weighted by Gasteiger charge is -2.32. The highest BCUT2D eigenvalue weighted by Gasteiger charge is 2.32. The number of carbonyl (C=O) groups is 1. The van der Waals surface area contributed by atoms with Crippen molar-refractivity contribution in [2.75, 3.05) is 29.5 Å². The number of carbonyl (C=O) groups excluding carboxylic acids is 1. The first kappa shape index (κ1) is 17.8. The summed E-state index contributed by atoms with van der Waals surface area (Å²) in [5, 5.41) is 6.97. The van der Waals surface area contributed by atoms with Gasteiger partial charge in [0.15, 0.2) is 15.7 Å². The summed E-state index contributed by atoms with van der Waals surface area (Å²) in [6.45, 7) is 1.41. The number of hydrogen-bond acceptors (Lipinski definition) is 8. The smallest absolute Gasteiger partial charge is 0.223 e. The van der Waals surface area contributed by atoms with Crippen LogP contribution in [0.25, 0.3) is 5.82 Å². The second-order valence-corrected chi connectivity index (χ2v) is 9.17. The van der Waals surface area contributed by atoms with E-state index in [-0.39, 0.29) is 29.4 Å². The maximum atomic E-state index is 12.4. The lowest BCUT2D eigenvalue weighted by Crippen LogP contribution is -2.44. The Hall–Kier alpha value is -2.56. The number of piperidine rings is 1. The van der Waals surface area contributed by atoms with Crippen molar-refractivity contribution < 1.29 is 13.2 Å². The number of sulfone groups is 1. The molecular weight excluding hydrogens is 370 g/mol. The summed E-state index contributed by atoms with van der Waals surface area (Å²) in [6.07, 6.45) is 6.43. The van der Waals surface area contributed by atoms with Crippen LogP contribution in [0.2, 0.25) is 0 Å². The zero-order valence-corrected chi connectivity index (χ0v) is 15.5. The topological polar surface area (TPSA) is 123 Å². The van der Waals surface area contributed by atoms with Crippen LogP contribution in [0.4, 0.5) is 5.82 Å². The van der Waals surface area contributed by atoms with Crippen molar-refractivity contribution in [1.29, 1.82) is 0 Å². The highest BCUT2D eigenvalue weighted by molar-refractivity contribution is 7.91. The van der Waals surface area contributed by atoms with Crippen LogP contribution in [0.15, 0.2) is 25.0 Å². The molecule has 0 bridgehead atoms. The van der Waals surface area contributed by atoms with E-state index in [1.165, 1.54) is 12.7 Å². The maximum Gasteiger partial charge on any atom is 0.223 e. The van der Waals surface area contributed by atoms with E-state index in [4.69, 9.17) is 0 Å². The summed E-state index contributed by atoms with van der Waals surface area (Å²) in [5.74, 6) is 1.52. The summed E-state index contributed by atoms with van der Waals surface area (Å²) < 4.78 is 24.6. The van der Waals surface area contributed by atoms with Gasteiger partial charge in [0, 0.05) is 31.1 Å². The third kappa shape index (κ3) is 4.07. The average molecular weight is 391 g/mol. The molecule has 11 heteroatoms. The fourth-order valence-corrected chi connectivity index (χ4v) is 5.23. The van der Waals surface area contributed by atoms with E-state index in [2.05, 4.69) is 30.3 Å². The average Bonchev–Trinajstić information content (AvgIpc) is 3.32. The molecule has 2 aliphatic heterocycles. The van der Waals surface area contributed by atoms with Gasteiger partial charge in [-0.15, -0.1) is 0 Å². The van der Waals surface area contributed by atoms with Gasteiger partial charge in [-0.05, 0) is 19.3 Å². The molecule has 0 radical (unpaired) electrons. The minimum atomic E-state index is -2.99. The van der Waals surface area contributed by atoms with Gasteiger partial charge in [-0.2, -0.15) is 5.10 Å². The Balaban J connectivity index is 1.34. The molecule has 1 N–H and O–H groups in total. The Labute approximate surface area is 156 Å². The van der Waals surface area contributed by atoms with E-state index in [1.807, 2.05) is 6.07 Å². The van der Waals surface area contributed by atoms with Crippen LogP contribution < -0.4 is 10.2 Å². The molecular formula is C16H21N7O3S. The Bertz CT molecular complexity index is 908. The third-order valence-electron chi connectivity index (χ3n) is 5.06. The van der Waals surface area contributed by atoms with E-state index in [1.54, 1.807) is 11.0 Å². The molecule has 1 atom stereocenters. The summed E-state index contributed by atoms with van der Waals surface area (Å²) in [7, 11) is -2.99. The van der Waals surface area contributed by atoms with Crippen LogP contribution in [-0.4, -0.2) is 69.7 Å². The first-order chi connectivity index (χ1) is 13.0. The Morgan fingerprint density at radius 3 is 2.56 bits per heavy atom. The Kier molecular flexibility index (Phi) is 4.77. The van der Waals surface area contributed by atoms with Gasteiger partial charge in [-0.25, -0.2) is 28.1 Å². The predicted molar refractivity (Wildman–Crippen MR) is 97.1 cm³/mol. The quantitative estimate of drug-likeness (QED) is 0.745. The normalized spacial score (nSPS) is 22.7. The summed E-state index contributed by atoms with van der Waals surface area (Å²) in [5.41, 5.74) is 0. The highest BCUT2D eigenvalue weighted by atomic mass is 32.2. The SMILES string of the molecule is O=C(N[C@@H]1CCS(=O)(=O)C1)C1CCN(c2cc(-n3cncn3)ncn2)CC1. The van der Waals surface area contributed by atoms with E-state index >= 15 is 0 Å². The van der Waals surface area contributed by atoms with Crippen molar-refractivity contribution >= 4 is 21.6 Å². The molecule has 2 aromatic rings. The van der Waals surface area contributed by atoms with Crippen LogP contribution in [-0.2, 0) is 14.6 Å². The van der Waals surface area contributed by atoms with E-state index < -0.39 is 9.84 Å². The van der Waals surface area contributed by atoms with Gasteiger partial charge in [-0.1, -0.05) is 0 Å². The number of anilines is 1. The number of aromatic nitrogens is 5. The lowest BCUT2D eigenvalue weighted by atomic mass is 9.95. The second kappa shape index (κ2) is 7.22. The van der Waals surface area contributed by atoms with Crippen molar-refractivity contribution in [3.63, 3.8) is 0 Å². The van der Waals surface area contributed by atoms with Gasteiger partial charge in [0.2, 0.25) is 5.91 Å². The van der Waals surface area contributed by atoms with Crippen molar-refractivity contribution in [3.8, 4) is 5.82 Å². The number of nitrogens with zero attached hydrogens (tertiary/aromatic N) is 6. The highest BCUT2D eigenvalue weighted by Crippen LogP contribution is 2.23. The number of amides is 1. The Morgan fingerprint density at radius 1 is 1.11 bits per heavy atom. The van der Waals surface area contributed by atoms with Crippen LogP contribution in [0.1, 0.15) is 19.3 Å². The van der Waals surface area contributed by atoms with Gasteiger partial charge in [0.25, 0.3) is 0 Å². The molecule has 1 amide bonds. The zero-order chi connectivity index (χ0) is 18.9. The fourth-order valence-electron chi connectivity index (χ4n) is 3.56. The van der Waals surface area contributed by atoms with Gasteiger partial charge in [-0.3, -0.25) is 4.79 Å². The summed E-state index contributed by atoms with van der Waals surface area (Å²) in [6, 6.07) is 1.60. The predicted octanol–water partition coefficient (Wildman–Crippen LogP) is -0.423. The summed E-state index contributed by atoms with van der Waals surface area (Å²) in [4.78, 5) is 27.0. The molecule has 4 rings (SSSR count). The van der Waals surface area contributed by atoms with Crippen LogP contribution >= 0.6 is 0 Å². The van der Waals surface area contributed by atoms with Crippen molar-refractivity contribution in [1.82, 2.24) is 30.0 Å². The molecule has 0 spiro atoms. The molecule has 2 aromatic heterocycles. The minimum Gasteiger partial charge on any atom is -0.356 e. The minimum absolute atomic E-state index is 0.0391. The van der Waals surface area contributed by atoms with Crippen LogP contribution in [0.3, 0.4) is 0 Å². The number of rotatable bonds is 4. The van der Waals surface area contributed by atoms with Crippen LogP contribution in [0.5, 0.6) is 0 Å². The molecule has 0 aliphatic carbocycles. The molecule has 2 saturated heterocycles. The molecule has 0 aromatic carbocycles. The number of hydrogen-bond donors (Lipinski definition) is 1.